The number of rotatable bonds is 7. The molecule has 1 aliphatic heterocycles. The molecule has 2 aromatic carbocycles. The topological polar surface area (TPSA) is 77.9 Å². The van der Waals surface area contributed by atoms with E-state index in [9.17, 15) is 13.2 Å². The number of carboxylic acid groups (broad SMARTS) is 1. The van der Waals surface area contributed by atoms with Gasteiger partial charge in [0.15, 0.2) is 0 Å². The molecule has 1 heterocycles. The van der Waals surface area contributed by atoms with Gasteiger partial charge in [0.2, 0.25) is 10.0 Å². The summed E-state index contributed by atoms with van der Waals surface area (Å²) in [6.07, 6.45) is 0.434. The zero-order valence-corrected chi connectivity index (χ0v) is 15.9. The van der Waals surface area contributed by atoms with E-state index in [4.69, 9.17) is 5.11 Å². The molecule has 0 spiro atoms. The number of piperazine rings is 1. The van der Waals surface area contributed by atoms with Crippen molar-refractivity contribution in [1.82, 2.24) is 9.21 Å². The highest BCUT2D eigenvalue weighted by Crippen LogP contribution is 2.19. The first-order valence-corrected chi connectivity index (χ1v) is 10.5. The van der Waals surface area contributed by atoms with E-state index in [1.165, 1.54) is 9.87 Å². The number of benzene rings is 2. The third-order valence-electron chi connectivity index (χ3n) is 4.77. The molecule has 1 aliphatic rings. The third kappa shape index (κ3) is 5.15. The van der Waals surface area contributed by atoms with Gasteiger partial charge in [0.25, 0.3) is 0 Å². The van der Waals surface area contributed by atoms with Crippen LogP contribution in [0.15, 0.2) is 59.5 Å². The molecule has 0 aliphatic carbocycles. The second-order valence-electron chi connectivity index (χ2n) is 6.70. The van der Waals surface area contributed by atoms with Crippen molar-refractivity contribution in [2.75, 3.05) is 26.2 Å². The highest BCUT2D eigenvalue weighted by molar-refractivity contribution is 7.89. The van der Waals surface area contributed by atoms with Gasteiger partial charge in [-0.1, -0.05) is 42.5 Å². The van der Waals surface area contributed by atoms with E-state index < -0.39 is 16.0 Å². The van der Waals surface area contributed by atoms with Crippen LogP contribution < -0.4 is 0 Å². The first kappa shape index (κ1) is 19.5. The Morgan fingerprint density at radius 1 is 0.889 bits per heavy atom. The van der Waals surface area contributed by atoms with Gasteiger partial charge in [0, 0.05) is 39.1 Å². The Morgan fingerprint density at radius 3 is 2.11 bits per heavy atom. The van der Waals surface area contributed by atoms with E-state index in [1.54, 1.807) is 24.3 Å². The summed E-state index contributed by atoms with van der Waals surface area (Å²) >= 11 is 0. The molecular formula is C20H24N2O4S. The molecule has 144 valence electrons. The first-order valence-electron chi connectivity index (χ1n) is 9.02. The molecule has 3 rings (SSSR count). The van der Waals surface area contributed by atoms with Gasteiger partial charge in [-0.05, 0) is 29.7 Å². The Balaban J connectivity index is 1.58. The fraction of sp³-hybridized carbons (Fsp3) is 0.350. The van der Waals surface area contributed by atoms with Crippen LogP contribution in [0.2, 0.25) is 0 Å². The van der Waals surface area contributed by atoms with Crippen LogP contribution in [-0.2, 0) is 27.8 Å². The number of hydrogen-bond acceptors (Lipinski definition) is 4. The van der Waals surface area contributed by atoms with E-state index in [1.807, 2.05) is 18.2 Å². The number of aliphatic carboxylic acids is 1. The van der Waals surface area contributed by atoms with Crippen LogP contribution in [0.5, 0.6) is 0 Å². The first-order chi connectivity index (χ1) is 12.9. The van der Waals surface area contributed by atoms with Crippen LogP contribution in [0, 0.1) is 0 Å². The lowest BCUT2D eigenvalue weighted by Crippen LogP contribution is -2.48. The summed E-state index contributed by atoms with van der Waals surface area (Å²) in [4.78, 5) is 13.2. The summed E-state index contributed by atoms with van der Waals surface area (Å²) in [5.41, 5.74) is 2.05. The molecule has 27 heavy (non-hydrogen) atoms. The van der Waals surface area contributed by atoms with Crippen LogP contribution in [0.25, 0.3) is 0 Å². The van der Waals surface area contributed by atoms with Crippen LogP contribution in [0.4, 0.5) is 0 Å². The van der Waals surface area contributed by atoms with Crippen molar-refractivity contribution in [3.8, 4) is 0 Å². The van der Waals surface area contributed by atoms with E-state index in [0.717, 1.165) is 12.1 Å². The SMILES string of the molecule is O=C(O)CCc1ccc(S(=O)(=O)N2CCN(Cc3ccccc3)CC2)cc1. The Morgan fingerprint density at radius 2 is 1.52 bits per heavy atom. The molecule has 0 unspecified atom stereocenters. The standard InChI is InChI=1S/C20H24N2O4S/c23-20(24)11-8-17-6-9-19(10-7-17)27(25,26)22-14-12-21(13-15-22)16-18-4-2-1-3-5-18/h1-7,9-10H,8,11-16H2,(H,23,24). The lowest BCUT2D eigenvalue weighted by molar-refractivity contribution is -0.136. The van der Waals surface area contributed by atoms with E-state index in [2.05, 4.69) is 17.0 Å². The van der Waals surface area contributed by atoms with Gasteiger partial charge in [0.1, 0.15) is 0 Å². The predicted octanol–water partition coefficient (Wildman–Crippen LogP) is 2.21. The van der Waals surface area contributed by atoms with Crippen LogP contribution in [0.1, 0.15) is 17.5 Å². The lowest BCUT2D eigenvalue weighted by atomic mass is 10.1. The highest BCUT2D eigenvalue weighted by atomic mass is 32.2. The molecule has 0 saturated carbocycles. The zero-order chi connectivity index (χ0) is 19.3. The Kier molecular flexibility index (Phi) is 6.26. The molecule has 2 aromatic rings. The second kappa shape index (κ2) is 8.65. The van der Waals surface area contributed by atoms with Crippen molar-refractivity contribution < 1.29 is 18.3 Å². The van der Waals surface area contributed by atoms with Crippen molar-refractivity contribution in [3.05, 3.63) is 65.7 Å². The molecule has 1 saturated heterocycles. The number of aryl methyl sites for hydroxylation is 1. The molecule has 7 heteroatoms. The summed E-state index contributed by atoms with van der Waals surface area (Å²) in [6, 6.07) is 16.7. The third-order valence-corrected chi connectivity index (χ3v) is 6.68. The van der Waals surface area contributed by atoms with Crippen molar-refractivity contribution in [2.24, 2.45) is 0 Å². The van der Waals surface area contributed by atoms with Gasteiger partial charge in [-0.2, -0.15) is 4.31 Å². The lowest BCUT2D eigenvalue weighted by Gasteiger charge is -2.34. The number of sulfonamides is 1. The molecule has 1 N–H and O–H groups in total. The molecule has 1 fully saturated rings. The zero-order valence-electron chi connectivity index (χ0n) is 15.1. The van der Waals surface area contributed by atoms with Crippen LogP contribution >= 0.6 is 0 Å². The van der Waals surface area contributed by atoms with Gasteiger partial charge in [-0.15, -0.1) is 0 Å². The number of carboxylic acids is 1. The average molecular weight is 388 g/mol. The molecule has 6 nitrogen and oxygen atoms in total. The number of nitrogens with zero attached hydrogens (tertiary/aromatic N) is 2. The van der Waals surface area contributed by atoms with Crippen molar-refractivity contribution >= 4 is 16.0 Å². The molecule has 0 atom stereocenters. The minimum Gasteiger partial charge on any atom is -0.481 e. The molecule has 0 aromatic heterocycles. The summed E-state index contributed by atoms with van der Waals surface area (Å²) in [5, 5.41) is 8.74. The van der Waals surface area contributed by atoms with Gasteiger partial charge >= 0.3 is 5.97 Å². The maximum atomic E-state index is 12.8. The highest BCUT2D eigenvalue weighted by Gasteiger charge is 2.28. The summed E-state index contributed by atoms with van der Waals surface area (Å²) in [6.45, 7) is 3.16. The molecule has 0 radical (unpaired) electrons. The molecule has 0 amide bonds. The summed E-state index contributed by atoms with van der Waals surface area (Å²) in [7, 11) is -3.52. The Bertz CT molecular complexity index is 859. The summed E-state index contributed by atoms with van der Waals surface area (Å²) < 4.78 is 27.2. The second-order valence-corrected chi connectivity index (χ2v) is 8.64. The fourth-order valence-electron chi connectivity index (χ4n) is 3.20. The van der Waals surface area contributed by atoms with E-state index in [-0.39, 0.29) is 11.3 Å². The largest absolute Gasteiger partial charge is 0.481 e. The molecule has 0 bridgehead atoms. The summed E-state index contributed by atoms with van der Waals surface area (Å²) in [5.74, 6) is -0.861. The quantitative estimate of drug-likeness (QED) is 0.787. The fourth-order valence-corrected chi connectivity index (χ4v) is 4.62. The van der Waals surface area contributed by atoms with Crippen molar-refractivity contribution in [2.45, 2.75) is 24.3 Å². The Hall–Kier alpha value is -2.22. The Labute approximate surface area is 160 Å². The van der Waals surface area contributed by atoms with Crippen molar-refractivity contribution in [3.63, 3.8) is 0 Å². The smallest absolute Gasteiger partial charge is 0.303 e. The van der Waals surface area contributed by atoms with Crippen LogP contribution in [-0.4, -0.2) is 54.9 Å². The maximum absolute atomic E-state index is 12.8. The van der Waals surface area contributed by atoms with Gasteiger partial charge in [0.05, 0.1) is 4.90 Å². The normalized spacial score (nSPS) is 16.3. The number of carbonyl (C=O) groups is 1. The minimum atomic E-state index is -3.52. The van der Waals surface area contributed by atoms with Crippen LogP contribution in [0.3, 0.4) is 0 Å². The predicted molar refractivity (Wildman–Crippen MR) is 103 cm³/mol. The van der Waals surface area contributed by atoms with E-state index in [0.29, 0.717) is 32.6 Å². The van der Waals surface area contributed by atoms with Gasteiger partial charge in [-0.3, -0.25) is 9.69 Å². The maximum Gasteiger partial charge on any atom is 0.303 e. The average Bonchev–Trinajstić information content (AvgIpc) is 2.68. The van der Waals surface area contributed by atoms with Gasteiger partial charge in [-0.25, -0.2) is 8.42 Å². The van der Waals surface area contributed by atoms with Gasteiger partial charge < -0.3 is 5.11 Å². The minimum absolute atomic E-state index is 0.0372. The monoisotopic (exact) mass is 388 g/mol. The molecular weight excluding hydrogens is 364 g/mol. The van der Waals surface area contributed by atoms with E-state index >= 15 is 0 Å². The van der Waals surface area contributed by atoms with Crippen molar-refractivity contribution in [1.29, 1.82) is 0 Å². The number of hydrogen-bond donors (Lipinski definition) is 1.